The van der Waals surface area contributed by atoms with E-state index in [0.29, 0.717) is 40.3 Å². The Morgan fingerprint density at radius 3 is 2.67 bits per heavy atom. The Balaban J connectivity index is 1.58. The molecule has 2 heterocycles. The van der Waals surface area contributed by atoms with E-state index in [9.17, 15) is 14.4 Å². The predicted molar refractivity (Wildman–Crippen MR) is 146 cm³/mol. The van der Waals surface area contributed by atoms with Crippen LogP contribution in [0.2, 0.25) is 0 Å². The van der Waals surface area contributed by atoms with Gasteiger partial charge in [-0.2, -0.15) is 0 Å². The van der Waals surface area contributed by atoms with Gasteiger partial charge in [-0.15, -0.1) is 0 Å². The lowest BCUT2D eigenvalue weighted by Crippen LogP contribution is -2.31. The Morgan fingerprint density at radius 1 is 1.17 bits per heavy atom. The Hall–Kier alpha value is -2.49. The van der Waals surface area contributed by atoms with Gasteiger partial charge >= 0.3 is 0 Å². The molecular formula is C27H30BrN3O4S. The number of halogens is 1. The number of nitrogens with zero attached hydrogens (tertiary/aromatic N) is 2. The van der Waals surface area contributed by atoms with Crippen LogP contribution in [0.25, 0.3) is 10.9 Å². The quantitative estimate of drug-likeness (QED) is 0.147. The van der Waals surface area contributed by atoms with E-state index in [1.54, 1.807) is 34.9 Å². The number of amides is 1. The molecule has 0 bridgehead atoms. The van der Waals surface area contributed by atoms with Gasteiger partial charge in [0.15, 0.2) is 10.9 Å². The molecule has 1 amide bonds. The van der Waals surface area contributed by atoms with Crippen molar-refractivity contribution in [3.05, 3.63) is 68.4 Å². The molecule has 36 heavy (non-hydrogen) atoms. The number of hydrogen-bond acceptors (Lipinski definition) is 6. The van der Waals surface area contributed by atoms with E-state index in [1.807, 2.05) is 12.1 Å². The molecule has 4 rings (SSSR count). The van der Waals surface area contributed by atoms with Gasteiger partial charge in [-0.1, -0.05) is 59.6 Å². The Morgan fingerprint density at radius 2 is 1.94 bits per heavy atom. The summed E-state index contributed by atoms with van der Waals surface area (Å²) in [5, 5.41) is 3.87. The fraction of sp³-hybridized carbons (Fsp3) is 0.407. The molecule has 9 heteroatoms. The molecule has 1 aromatic heterocycles. The number of nitrogens with one attached hydrogen (secondary N) is 1. The number of aromatic nitrogens is 2. The smallest absolute Gasteiger partial charge is 0.262 e. The summed E-state index contributed by atoms with van der Waals surface area (Å²) in [5.74, 6) is -0.0975. The number of rotatable bonds is 11. The maximum Gasteiger partial charge on any atom is 0.262 e. The average Bonchev–Trinajstić information content (AvgIpc) is 3.41. The van der Waals surface area contributed by atoms with Gasteiger partial charge in [-0.25, -0.2) is 4.98 Å². The summed E-state index contributed by atoms with van der Waals surface area (Å²) in [6.45, 7) is 3.84. The zero-order chi connectivity index (χ0) is 25.5. The van der Waals surface area contributed by atoms with Crippen molar-refractivity contribution in [2.24, 2.45) is 0 Å². The van der Waals surface area contributed by atoms with E-state index >= 15 is 0 Å². The van der Waals surface area contributed by atoms with Crippen LogP contribution in [-0.2, 0) is 11.3 Å². The Labute approximate surface area is 223 Å². The van der Waals surface area contributed by atoms with Crippen LogP contribution in [0.15, 0.2) is 56.9 Å². The zero-order valence-electron chi connectivity index (χ0n) is 20.3. The van der Waals surface area contributed by atoms with Crippen LogP contribution in [0.3, 0.4) is 0 Å². The number of fused-ring (bicyclic) bond motifs is 1. The lowest BCUT2D eigenvalue weighted by atomic mass is 10.1. The fourth-order valence-corrected chi connectivity index (χ4v) is 5.32. The molecule has 0 spiro atoms. The highest BCUT2D eigenvalue weighted by Gasteiger charge is 2.18. The van der Waals surface area contributed by atoms with Crippen molar-refractivity contribution in [1.29, 1.82) is 0 Å². The molecule has 1 saturated heterocycles. The number of Topliss-reactive ketones (excluding diaryl/α,β-unsaturated/α-hetero) is 1. The highest BCUT2D eigenvalue weighted by atomic mass is 79.9. The number of benzene rings is 2. The summed E-state index contributed by atoms with van der Waals surface area (Å²) >= 11 is 4.64. The molecule has 1 N–H and O–H groups in total. The van der Waals surface area contributed by atoms with E-state index in [1.165, 1.54) is 11.8 Å². The SMILES string of the molecule is CCCCCn1c(SCC(=O)c2ccc(Br)cc2)nc2cc(C(=O)NCC3CCCO3)ccc2c1=O. The standard InChI is InChI=1S/C27H30BrN3O4S/c1-2-3-4-13-31-26(34)22-12-9-19(25(33)29-16-21-6-5-14-35-21)15-23(22)30-27(31)36-17-24(32)18-7-10-20(28)11-8-18/h7-12,15,21H,2-6,13-14,16-17H2,1H3,(H,29,33). The number of thioether (sulfide) groups is 1. The summed E-state index contributed by atoms with van der Waals surface area (Å²) in [4.78, 5) is 43.6. The Kier molecular flexibility index (Phi) is 9.34. The van der Waals surface area contributed by atoms with Crippen LogP contribution >= 0.6 is 27.7 Å². The van der Waals surface area contributed by atoms with Crippen molar-refractivity contribution in [3.63, 3.8) is 0 Å². The number of carbonyl (C=O) groups excluding carboxylic acids is 2. The lowest BCUT2D eigenvalue weighted by molar-refractivity contribution is 0.0857. The van der Waals surface area contributed by atoms with Crippen LogP contribution in [0, 0.1) is 0 Å². The highest BCUT2D eigenvalue weighted by Crippen LogP contribution is 2.22. The van der Waals surface area contributed by atoms with Crippen LogP contribution in [0.4, 0.5) is 0 Å². The summed E-state index contributed by atoms with van der Waals surface area (Å²) in [6, 6.07) is 12.2. The van der Waals surface area contributed by atoms with E-state index in [4.69, 9.17) is 9.72 Å². The average molecular weight is 573 g/mol. The van der Waals surface area contributed by atoms with Crippen molar-refractivity contribution >= 4 is 50.3 Å². The minimum Gasteiger partial charge on any atom is -0.376 e. The van der Waals surface area contributed by atoms with Gasteiger partial charge in [0.25, 0.3) is 11.5 Å². The zero-order valence-corrected chi connectivity index (χ0v) is 22.7. The molecule has 0 aliphatic carbocycles. The van der Waals surface area contributed by atoms with E-state index in [-0.39, 0.29) is 29.1 Å². The van der Waals surface area contributed by atoms with E-state index in [2.05, 4.69) is 28.2 Å². The first-order chi connectivity index (χ1) is 17.5. The molecule has 1 atom stereocenters. The molecule has 0 saturated carbocycles. The normalized spacial score (nSPS) is 15.3. The number of hydrogen-bond donors (Lipinski definition) is 1. The molecular weight excluding hydrogens is 542 g/mol. The minimum absolute atomic E-state index is 0.0378. The monoisotopic (exact) mass is 571 g/mol. The van der Waals surface area contributed by atoms with Gasteiger partial charge in [0.05, 0.1) is 22.8 Å². The van der Waals surface area contributed by atoms with Gasteiger partial charge in [-0.3, -0.25) is 19.0 Å². The van der Waals surface area contributed by atoms with Crippen LogP contribution < -0.4 is 10.9 Å². The van der Waals surface area contributed by atoms with Crippen molar-refractivity contribution in [1.82, 2.24) is 14.9 Å². The maximum atomic E-state index is 13.4. The fourth-order valence-electron chi connectivity index (χ4n) is 4.13. The molecule has 190 valence electrons. The van der Waals surface area contributed by atoms with Gasteiger partial charge < -0.3 is 10.1 Å². The Bertz CT molecular complexity index is 1290. The first kappa shape index (κ1) is 26.6. The topological polar surface area (TPSA) is 90.3 Å². The van der Waals surface area contributed by atoms with Gasteiger partial charge in [-0.05, 0) is 49.6 Å². The molecule has 7 nitrogen and oxygen atoms in total. The van der Waals surface area contributed by atoms with Gasteiger partial charge in [0.2, 0.25) is 0 Å². The predicted octanol–water partition coefficient (Wildman–Crippen LogP) is 5.23. The number of unbranched alkanes of at least 4 members (excludes halogenated alkanes) is 2. The van der Waals surface area contributed by atoms with Gasteiger partial charge in [0.1, 0.15) is 0 Å². The van der Waals surface area contributed by atoms with E-state index in [0.717, 1.165) is 43.2 Å². The second-order valence-electron chi connectivity index (χ2n) is 8.85. The third kappa shape index (κ3) is 6.63. The number of ether oxygens (including phenoxy) is 1. The molecule has 1 fully saturated rings. The second kappa shape index (κ2) is 12.7. The van der Waals surface area contributed by atoms with Crippen molar-refractivity contribution in [2.75, 3.05) is 18.9 Å². The third-order valence-corrected chi connectivity index (χ3v) is 7.69. The first-order valence-corrected chi connectivity index (χ1v) is 14.1. The van der Waals surface area contributed by atoms with Crippen LogP contribution in [0.1, 0.15) is 59.7 Å². The second-order valence-corrected chi connectivity index (χ2v) is 10.7. The van der Waals surface area contributed by atoms with Gasteiger partial charge in [0, 0.05) is 35.3 Å². The van der Waals surface area contributed by atoms with Crippen molar-refractivity contribution in [2.45, 2.75) is 56.8 Å². The molecule has 3 aromatic rings. The van der Waals surface area contributed by atoms with Crippen LogP contribution in [0.5, 0.6) is 0 Å². The molecule has 1 aliphatic rings. The molecule has 0 radical (unpaired) electrons. The highest BCUT2D eigenvalue weighted by molar-refractivity contribution is 9.10. The maximum absolute atomic E-state index is 13.4. The number of ketones is 1. The number of carbonyl (C=O) groups is 2. The largest absolute Gasteiger partial charge is 0.376 e. The molecule has 1 unspecified atom stereocenters. The van der Waals surface area contributed by atoms with E-state index < -0.39 is 0 Å². The van der Waals surface area contributed by atoms with Crippen LogP contribution in [-0.4, -0.2) is 46.2 Å². The first-order valence-electron chi connectivity index (χ1n) is 12.3. The summed E-state index contributed by atoms with van der Waals surface area (Å²) in [5.41, 5.74) is 1.35. The summed E-state index contributed by atoms with van der Waals surface area (Å²) < 4.78 is 8.14. The summed E-state index contributed by atoms with van der Waals surface area (Å²) in [7, 11) is 0. The third-order valence-electron chi connectivity index (χ3n) is 6.18. The van der Waals surface area contributed by atoms with Crippen molar-refractivity contribution in [3.8, 4) is 0 Å². The minimum atomic E-state index is -0.221. The molecule has 1 aliphatic heterocycles. The van der Waals surface area contributed by atoms with Crippen molar-refractivity contribution < 1.29 is 14.3 Å². The summed E-state index contributed by atoms with van der Waals surface area (Å²) in [6.07, 6.45) is 4.88. The lowest BCUT2D eigenvalue weighted by Gasteiger charge is -2.14. The molecule has 2 aromatic carbocycles.